The number of hydrogen-bond acceptors (Lipinski definition) is 4. The molecule has 4 heteroatoms. The van der Waals surface area contributed by atoms with E-state index in [4.69, 9.17) is 4.52 Å². The molecule has 91 valence electrons. The summed E-state index contributed by atoms with van der Waals surface area (Å²) in [5.74, 6) is 1.25. The molecule has 1 aliphatic rings. The number of nitrogens with zero attached hydrogens (tertiary/aromatic N) is 2. The second-order valence-corrected chi connectivity index (χ2v) is 4.51. The first-order chi connectivity index (χ1) is 8.86. The van der Waals surface area contributed by atoms with Crippen LogP contribution >= 0.6 is 0 Å². The maximum Gasteiger partial charge on any atom is 0.230 e. The molecule has 3 rings (SSSR count). The minimum Gasteiger partial charge on any atom is -0.339 e. The number of carbonyl (C=O) groups is 1. The SMILES string of the molecule is O=CC1C[CH]C1c1nc(Cc2ccccc2)no1. The first-order valence-electron chi connectivity index (χ1n) is 6.02. The first kappa shape index (κ1) is 11.1. The predicted octanol–water partition coefficient (Wildman–Crippen LogP) is 2.17. The summed E-state index contributed by atoms with van der Waals surface area (Å²) in [5.41, 5.74) is 1.15. The van der Waals surface area contributed by atoms with Gasteiger partial charge in [0, 0.05) is 12.3 Å². The van der Waals surface area contributed by atoms with E-state index >= 15 is 0 Å². The highest BCUT2D eigenvalue weighted by Gasteiger charge is 2.36. The van der Waals surface area contributed by atoms with E-state index in [1.165, 1.54) is 0 Å². The smallest absolute Gasteiger partial charge is 0.230 e. The molecule has 2 aromatic rings. The lowest BCUT2D eigenvalue weighted by atomic mass is 9.74. The van der Waals surface area contributed by atoms with Crippen molar-refractivity contribution in [1.29, 1.82) is 0 Å². The lowest BCUT2D eigenvalue weighted by Gasteiger charge is -2.28. The zero-order chi connectivity index (χ0) is 12.4. The number of carbonyl (C=O) groups excluding carboxylic acids is 1. The van der Waals surface area contributed by atoms with Crippen molar-refractivity contribution in [2.24, 2.45) is 5.92 Å². The Kier molecular flexibility index (Phi) is 2.92. The summed E-state index contributed by atoms with van der Waals surface area (Å²) in [6.07, 6.45) is 4.47. The van der Waals surface area contributed by atoms with Crippen LogP contribution in [-0.2, 0) is 11.2 Å². The van der Waals surface area contributed by atoms with Gasteiger partial charge >= 0.3 is 0 Å². The Morgan fingerprint density at radius 3 is 2.83 bits per heavy atom. The maximum absolute atomic E-state index is 10.8. The number of aldehydes is 1. The molecule has 0 aliphatic heterocycles. The molecule has 1 fully saturated rings. The molecule has 0 spiro atoms. The third kappa shape index (κ3) is 2.06. The fourth-order valence-electron chi connectivity index (χ4n) is 2.11. The van der Waals surface area contributed by atoms with E-state index in [1.807, 2.05) is 36.8 Å². The third-order valence-electron chi connectivity index (χ3n) is 3.27. The molecule has 1 aliphatic carbocycles. The Hall–Kier alpha value is -1.97. The van der Waals surface area contributed by atoms with Gasteiger partial charge in [-0.05, 0) is 18.4 Å². The maximum atomic E-state index is 10.8. The largest absolute Gasteiger partial charge is 0.339 e. The van der Waals surface area contributed by atoms with Crippen molar-refractivity contribution in [3.63, 3.8) is 0 Å². The van der Waals surface area contributed by atoms with Gasteiger partial charge in [0.05, 0.1) is 5.92 Å². The Labute approximate surface area is 105 Å². The fraction of sp³-hybridized carbons (Fsp3) is 0.286. The molecular formula is C14H13N2O2. The van der Waals surface area contributed by atoms with Gasteiger partial charge in [-0.1, -0.05) is 35.5 Å². The van der Waals surface area contributed by atoms with Gasteiger partial charge in [-0.3, -0.25) is 0 Å². The van der Waals surface area contributed by atoms with Crippen molar-refractivity contribution in [1.82, 2.24) is 10.1 Å². The zero-order valence-electron chi connectivity index (χ0n) is 9.82. The Balaban J connectivity index is 1.72. The van der Waals surface area contributed by atoms with Crippen LogP contribution in [0, 0.1) is 12.3 Å². The van der Waals surface area contributed by atoms with E-state index in [2.05, 4.69) is 10.1 Å². The van der Waals surface area contributed by atoms with Crippen LogP contribution in [0.3, 0.4) is 0 Å². The Bertz CT molecular complexity index is 536. The number of rotatable bonds is 4. The molecule has 2 atom stereocenters. The van der Waals surface area contributed by atoms with Crippen molar-refractivity contribution in [2.45, 2.75) is 18.8 Å². The van der Waals surface area contributed by atoms with Gasteiger partial charge in [-0.15, -0.1) is 0 Å². The van der Waals surface area contributed by atoms with E-state index < -0.39 is 0 Å². The van der Waals surface area contributed by atoms with E-state index in [0.717, 1.165) is 18.3 Å². The van der Waals surface area contributed by atoms with Crippen molar-refractivity contribution >= 4 is 6.29 Å². The molecule has 1 heterocycles. The van der Waals surface area contributed by atoms with Crippen LogP contribution in [-0.4, -0.2) is 16.4 Å². The summed E-state index contributed by atoms with van der Waals surface area (Å²) in [4.78, 5) is 15.1. The number of benzene rings is 1. The zero-order valence-corrected chi connectivity index (χ0v) is 9.82. The molecule has 0 amide bonds. The fourth-order valence-corrected chi connectivity index (χ4v) is 2.11. The van der Waals surface area contributed by atoms with Crippen LogP contribution in [0.1, 0.15) is 29.6 Å². The Morgan fingerprint density at radius 1 is 1.33 bits per heavy atom. The molecule has 0 saturated heterocycles. The second-order valence-electron chi connectivity index (χ2n) is 4.51. The molecular weight excluding hydrogens is 228 g/mol. The van der Waals surface area contributed by atoms with E-state index in [-0.39, 0.29) is 11.8 Å². The topological polar surface area (TPSA) is 56.0 Å². The normalized spacial score (nSPS) is 22.4. The summed E-state index contributed by atoms with van der Waals surface area (Å²) >= 11 is 0. The summed E-state index contributed by atoms with van der Waals surface area (Å²) in [6, 6.07) is 10.00. The van der Waals surface area contributed by atoms with E-state index in [1.54, 1.807) is 0 Å². The number of hydrogen-bond donors (Lipinski definition) is 0. The standard InChI is InChI=1S/C14H13N2O2/c17-9-11-6-7-12(11)14-15-13(16-18-14)8-10-4-2-1-3-5-10/h1-5,7,9,11-12H,6,8H2. The van der Waals surface area contributed by atoms with Gasteiger partial charge < -0.3 is 9.32 Å². The molecule has 2 unspecified atom stereocenters. The van der Waals surface area contributed by atoms with Crippen LogP contribution in [0.2, 0.25) is 0 Å². The van der Waals surface area contributed by atoms with Crippen molar-refractivity contribution in [3.05, 3.63) is 54.0 Å². The third-order valence-corrected chi connectivity index (χ3v) is 3.27. The molecule has 4 nitrogen and oxygen atoms in total. The van der Waals surface area contributed by atoms with Crippen molar-refractivity contribution in [2.75, 3.05) is 0 Å². The van der Waals surface area contributed by atoms with Gasteiger partial charge in [0.1, 0.15) is 6.29 Å². The van der Waals surface area contributed by atoms with Crippen LogP contribution in [0.15, 0.2) is 34.9 Å². The average molecular weight is 241 g/mol. The molecule has 18 heavy (non-hydrogen) atoms. The van der Waals surface area contributed by atoms with Crippen LogP contribution < -0.4 is 0 Å². The van der Waals surface area contributed by atoms with Gasteiger partial charge in [-0.25, -0.2) is 0 Å². The first-order valence-corrected chi connectivity index (χ1v) is 6.02. The van der Waals surface area contributed by atoms with Crippen LogP contribution in [0.25, 0.3) is 0 Å². The van der Waals surface area contributed by atoms with Gasteiger partial charge in [0.2, 0.25) is 5.89 Å². The second kappa shape index (κ2) is 4.72. The quantitative estimate of drug-likeness (QED) is 0.770. The highest BCUT2D eigenvalue weighted by molar-refractivity contribution is 5.58. The van der Waals surface area contributed by atoms with Gasteiger partial charge in [0.25, 0.3) is 0 Å². The monoisotopic (exact) mass is 241 g/mol. The van der Waals surface area contributed by atoms with Crippen LogP contribution in [0.5, 0.6) is 0 Å². The van der Waals surface area contributed by atoms with E-state index in [9.17, 15) is 4.79 Å². The van der Waals surface area contributed by atoms with Crippen molar-refractivity contribution < 1.29 is 9.32 Å². The van der Waals surface area contributed by atoms with E-state index in [0.29, 0.717) is 18.1 Å². The highest BCUT2D eigenvalue weighted by Crippen LogP contribution is 2.39. The molecule has 1 radical (unpaired) electrons. The highest BCUT2D eigenvalue weighted by atomic mass is 16.5. The van der Waals surface area contributed by atoms with Gasteiger partial charge in [-0.2, -0.15) is 4.98 Å². The molecule has 1 aromatic carbocycles. The summed E-state index contributed by atoms with van der Waals surface area (Å²) in [5, 5.41) is 3.96. The molecule has 0 N–H and O–H groups in total. The minimum atomic E-state index is 0.00928. The Morgan fingerprint density at radius 2 is 2.17 bits per heavy atom. The predicted molar refractivity (Wildman–Crippen MR) is 64.8 cm³/mol. The number of aromatic nitrogens is 2. The molecule has 1 saturated carbocycles. The average Bonchev–Trinajstić information content (AvgIpc) is 2.78. The summed E-state index contributed by atoms with van der Waals surface area (Å²) in [7, 11) is 0. The summed E-state index contributed by atoms with van der Waals surface area (Å²) in [6.45, 7) is 0. The van der Waals surface area contributed by atoms with Crippen LogP contribution in [0.4, 0.5) is 0 Å². The minimum absolute atomic E-state index is 0.00928. The van der Waals surface area contributed by atoms with Crippen molar-refractivity contribution in [3.8, 4) is 0 Å². The molecule has 0 bridgehead atoms. The summed E-state index contributed by atoms with van der Waals surface area (Å²) < 4.78 is 5.22. The lowest BCUT2D eigenvalue weighted by molar-refractivity contribution is -0.113. The lowest BCUT2D eigenvalue weighted by Crippen LogP contribution is -2.25. The molecule has 1 aromatic heterocycles. The van der Waals surface area contributed by atoms with Gasteiger partial charge in [0.15, 0.2) is 5.82 Å².